The van der Waals surface area contributed by atoms with Crippen LogP contribution in [0.25, 0.3) is 11.1 Å². The van der Waals surface area contributed by atoms with Gasteiger partial charge in [0.25, 0.3) is 0 Å². The zero-order valence-corrected chi connectivity index (χ0v) is 18.3. The van der Waals surface area contributed by atoms with E-state index in [1.807, 2.05) is 49.4 Å². The lowest BCUT2D eigenvalue weighted by atomic mass is 10.1. The Hall–Kier alpha value is -1.69. The van der Waals surface area contributed by atoms with E-state index in [0.717, 1.165) is 11.1 Å². The Morgan fingerprint density at radius 1 is 0.786 bits per heavy atom. The largest absolute Gasteiger partial charge is 0.396 e. The second-order valence-electron chi connectivity index (χ2n) is 6.67. The van der Waals surface area contributed by atoms with E-state index >= 15 is 0 Å². The van der Waals surface area contributed by atoms with Crippen molar-refractivity contribution in [3.8, 4) is 11.1 Å². The number of rotatable bonds is 10. The summed E-state index contributed by atoms with van der Waals surface area (Å²) in [5.74, 6) is 0. The molecule has 0 heterocycles. The smallest absolute Gasteiger partial charge is 0.243 e. The molecule has 0 aromatic heterocycles. The van der Waals surface area contributed by atoms with Gasteiger partial charge in [0.15, 0.2) is 0 Å². The van der Waals surface area contributed by atoms with E-state index in [-0.39, 0.29) is 6.61 Å². The molecule has 0 aliphatic heterocycles. The standard InChI is InChI=1S/C18H23NO3S.C5H12/c1-2-19(14-6-7-15-20)23(21,22)18-12-10-17(11-13-18)16-8-4-3-5-9-16;1-3-5-4-2/h3-5,8-13,20H,2,6-7,14-15H2,1H3;3-5H2,1-2H3. The maximum absolute atomic E-state index is 12.7. The van der Waals surface area contributed by atoms with E-state index in [0.29, 0.717) is 30.8 Å². The minimum absolute atomic E-state index is 0.0867. The topological polar surface area (TPSA) is 57.6 Å². The van der Waals surface area contributed by atoms with E-state index in [4.69, 9.17) is 5.11 Å². The highest BCUT2D eigenvalue weighted by Gasteiger charge is 2.22. The molecule has 0 saturated heterocycles. The first-order valence-corrected chi connectivity index (χ1v) is 11.7. The van der Waals surface area contributed by atoms with Crippen LogP contribution in [0.1, 0.15) is 52.9 Å². The van der Waals surface area contributed by atoms with Crippen LogP contribution in [0, 0.1) is 0 Å². The van der Waals surface area contributed by atoms with Crippen LogP contribution in [0.15, 0.2) is 59.5 Å². The van der Waals surface area contributed by atoms with Crippen LogP contribution < -0.4 is 0 Å². The number of benzene rings is 2. The van der Waals surface area contributed by atoms with Gasteiger partial charge in [-0.3, -0.25) is 0 Å². The molecule has 0 bridgehead atoms. The number of sulfonamides is 1. The molecule has 4 nitrogen and oxygen atoms in total. The van der Waals surface area contributed by atoms with Gasteiger partial charge >= 0.3 is 0 Å². The summed E-state index contributed by atoms with van der Waals surface area (Å²) in [5, 5.41) is 8.84. The molecule has 5 heteroatoms. The minimum atomic E-state index is -3.48. The van der Waals surface area contributed by atoms with Gasteiger partial charge in [0.05, 0.1) is 4.90 Å². The number of nitrogens with zero attached hydrogens (tertiary/aromatic N) is 1. The monoisotopic (exact) mass is 405 g/mol. The predicted octanol–water partition coefficient (Wildman–Crippen LogP) is 5.33. The molecule has 156 valence electrons. The first-order valence-electron chi connectivity index (χ1n) is 10.3. The molecule has 0 spiro atoms. The van der Waals surface area contributed by atoms with Crippen LogP contribution in [0.4, 0.5) is 0 Å². The average Bonchev–Trinajstić information content (AvgIpc) is 2.73. The van der Waals surface area contributed by atoms with Gasteiger partial charge < -0.3 is 5.11 Å². The summed E-state index contributed by atoms with van der Waals surface area (Å²) in [7, 11) is -3.48. The molecule has 0 aliphatic carbocycles. The Kier molecular flexibility index (Phi) is 11.7. The third-order valence-electron chi connectivity index (χ3n) is 4.47. The van der Waals surface area contributed by atoms with Crippen molar-refractivity contribution in [2.75, 3.05) is 19.7 Å². The molecule has 0 saturated carbocycles. The van der Waals surface area contributed by atoms with Gasteiger partial charge in [-0.15, -0.1) is 0 Å². The zero-order chi connectivity index (χ0) is 20.8. The molecule has 2 aromatic rings. The Balaban J connectivity index is 0.000000696. The second-order valence-corrected chi connectivity index (χ2v) is 8.61. The van der Waals surface area contributed by atoms with Crippen LogP contribution >= 0.6 is 0 Å². The summed E-state index contributed by atoms with van der Waals surface area (Å²) in [6, 6.07) is 16.9. The van der Waals surface area contributed by atoms with Crippen molar-refractivity contribution in [1.82, 2.24) is 4.31 Å². The predicted molar refractivity (Wildman–Crippen MR) is 118 cm³/mol. The van der Waals surface area contributed by atoms with Crippen LogP contribution in [0.3, 0.4) is 0 Å². The number of unbranched alkanes of at least 4 members (excludes halogenated alkanes) is 3. The molecule has 2 aromatic carbocycles. The average molecular weight is 406 g/mol. The summed E-state index contributed by atoms with van der Waals surface area (Å²) >= 11 is 0. The fraction of sp³-hybridized carbons (Fsp3) is 0.478. The number of aliphatic hydroxyl groups is 1. The van der Waals surface area contributed by atoms with Crippen molar-refractivity contribution in [3.63, 3.8) is 0 Å². The first-order chi connectivity index (χ1) is 13.5. The van der Waals surface area contributed by atoms with Gasteiger partial charge in [-0.2, -0.15) is 4.31 Å². The second kappa shape index (κ2) is 13.5. The van der Waals surface area contributed by atoms with Gasteiger partial charge in [-0.25, -0.2) is 8.42 Å². The molecule has 0 aliphatic rings. The lowest BCUT2D eigenvalue weighted by molar-refractivity contribution is 0.277. The fourth-order valence-electron chi connectivity index (χ4n) is 2.80. The summed E-state index contributed by atoms with van der Waals surface area (Å²) in [6.45, 7) is 7.19. The Morgan fingerprint density at radius 2 is 1.36 bits per heavy atom. The van der Waals surface area contributed by atoms with Gasteiger partial charge in [-0.1, -0.05) is 82.5 Å². The quantitative estimate of drug-likeness (QED) is 0.543. The molecule has 0 amide bonds. The van der Waals surface area contributed by atoms with E-state index in [9.17, 15) is 8.42 Å². The SMILES string of the molecule is CCCCC.CCN(CCCCO)S(=O)(=O)c1ccc(-c2ccccc2)cc1. The van der Waals surface area contributed by atoms with Crippen LogP contribution in [-0.4, -0.2) is 37.5 Å². The molecule has 2 rings (SSSR count). The minimum Gasteiger partial charge on any atom is -0.396 e. The fourth-order valence-corrected chi connectivity index (χ4v) is 4.29. The lowest BCUT2D eigenvalue weighted by Crippen LogP contribution is -2.32. The highest BCUT2D eigenvalue weighted by Crippen LogP contribution is 2.23. The Labute approximate surface area is 171 Å². The molecule has 0 unspecified atom stereocenters. The molecule has 0 atom stereocenters. The van der Waals surface area contributed by atoms with Crippen molar-refractivity contribution in [2.45, 2.75) is 57.8 Å². The molecule has 28 heavy (non-hydrogen) atoms. The summed E-state index contributed by atoms with van der Waals surface area (Å²) in [4.78, 5) is 0.308. The number of hydrogen-bond donors (Lipinski definition) is 1. The summed E-state index contributed by atoms with van der Waals surface area (Å²) in [5.41, 5.74) is 2.06. The van der Waals surface area contributed by atoms with Crippen molar-refractivity contribution in [3.05, 3.63) is 54.6 Å². The van der Waals surface area contributed by atoms with Gasteiger partial charge in [0.2, 0.25) is 10.0 Å². The maximum atomic E-state index is 12.7. The lowest BCUT2D eigenvalue weighted by Gasteiger charge is -2.20. The normalized spacial score (nSPS) is 11.2. The molecule has 0 radical (unpaired) electrons. The van der Waals surface area contributed by atoms with Crippen molar-refractivity contribution in [2.24, 2.45) is 0 Å². The third kappa shape index (κ3) is 7.74. The summed E-state index contributed by atoms with van der Waals surface area (Å²) < 4.78 is 26.8. The number of hydrogen-bond acceptors (Lipinski definition) is 3. The Bertz CT molecular complexity index is 741. The Morgan fingerprint density at radius 3 is 1.82 bits per heavy atom. The first kappa shape index (κ1) is 24.3. The van der Waals surface area contributed by atoms with Gasteiger partial charge in [0.1, 0.15) is 0 Å². The molecule has 0 fully saturated rings. The zero-order valence-electron chi connectivity index (χ0n) is 17.5. The molecular formula is C23H35NO3S. The van der Waals surface area contributed by atoms with Crippen molar-refractivity contribution < 1.29 is 13.5 Å². The summed E-state index contributed by atoms with van der Waals surface area (Å²) in [6.07, 6.45) is 5.34. The number of aliphatic hydroxyl groups excluding tert-OH is 1. The van der Waals surface area contributed by atoms with Gasteiger partial charge in [-0.05, 0) is 36.1 Å². The van der Waals surface area contributed by atoms with Crippen molar-refractivity contribution in [1.29, 1.82) is 0 Å². The van der Waals surface area contributed by atoms with E-state index in [1.54, 1.807) is 12.1 Å². The van der Waals surface area contributed by atoms with Crippen LogP contribution in [0.2, 0.25) is 0 Å². The van der Waals surface area contributed by atoms with E-state index in [2.05, 4.69) is 13.8 Å². The molecular weight excluding hydrogens is 370 g/mol. The molecule has 1 N–H and O–H groups in total. The van der Waals surface area contributed by atoms with E-state index < -0.39 is 10.0 Å². The maximum Gasteiger partial charge on any atom is 0.243 e. The highest BCUT2D eigenvalue weighted by molar-refractivity contribution is 7.89. The van der Waals surface area contributed by atoms with E-state index in [1.165, 1.54) is 23.6 Å². The van der Waals surface area contributed by atoms with Crippen LogP contribution in [0.5, 0.6) is 0 Å². The highest BCUT2D eigenvalue weighted by atomic mass is 32.2. The van der Waals surface area contributed by atoms with Crippen molar-refractivity contribution >= 4 is 10.0 Å². The third-order valence-corrected chi connectivity index (χ3v) is 6.46. The van der Waals surface area contributed by atoms with Crippen LogP contribution in [-0.2, 0) is 10.0 Å². The van der Waals surface area contributed by atoms with Gasteiger partial charge in [0, 0.05) is 19.7 Å².